The largest absolute Gasteiger partial charge is 0.393 e. The Hall–Kier alpha value is -0.0800. The number of likely N-dealkylation sites (tertiary alicyclic amines) is 1. The molecule has 0 spiro atoms. The van der Waals surface area contributed by atoms with Crippen LogP contribution in [0.4, 0.5) is 0 Å². The molecule has 1 saturated heterocycles. The zero-order valence-corrected chi connectivity index (χ0v) is 10.2. The molecule has 1 saturated carbocycles. The average Bonchev–Trinajstić information content (AvgIpc) is 2.49. The second-order valence-corrected chi connectivity index (χ2v) is 6.17. The highest BCUT2D eigenvalue weighted by atomic mass is 16.3. The summed E-state index contributed by atoms with van der Waals surface area (Å²) in [4.78, 5) is 2.63. The molecule has 0 aromatic heterocycles. The highest BCUT2D eigenvalue weighted by Crippen LogP contribution is 2.33. The first-order chi connectivity index (χ1) is 7.07. The van der Waals surface area contributed by atoms with E-state index in [1.807, 2.05) is 0 Å². The first kappa shape index (κ1) is 11.4. The van der Waals surface area contributed by atoms with E-state index in [1.54, 1.807) is 0 Å². The van der Waals surface area contributed by atoms with Crippen molar-refractivity contribution in [2.24, 2.45) is 5.41 Å². The van der Waals surface area contributed by atoms with Crippen LogP contribution in [-0.2, 0) is 0 Å². The Bertz CT molecular complexity index is 215. The van der Waals surface area contributed by atoms with Crippen LogP contribution in [0.2, 0.25) is 0 Å². The van der Waals surface area contributed by atoms with Crippen molar-refractivity contribution in [1.82, 2.24) is 4.90 Å². The van der Waals surface area contributed by atoms with E-state index in [9.17, 15) is 5.11 Å². The summed E-state index contributed by atoms with van der Waals surface area (Å²) >= 11 is 0. The minimum Gasteiger partial charge on any atom is -0.393 e. The van der Waals surface area contributed by atoms with E-state index in [0.717, 1.165) is 12.8 Å². The van der Waals surface area contributed by atoms with Gasteiger partial charge in [0.1, 0.15) is 0 Å². The van der Waals surface area contributed by atoms with Crippen LogP contribution in [-0.4, -0.2) is 35.2 Å². The molecule has 0 amide bonds. The van der Waals surface area contributed by atoms with Crippen molar-refractivity contribution in [2.75, 3.05) is 13.1 Å². The maximum atomic E-state index is 9.58. The van der Waals surface area contributed by atoms with Crippen LogP contribution < -0.4 is 0 Å². The summed E-state index contributed by atoms with van der Waals surface area (Å²) in [5, 5.41) is 9.58. The van der Waals surface area contributed by atoms with Crippen molar-refractivity contribution < 1.29 is 5.11 Å². The molecule has 2 atom stereocenters. The van der Waals surface area contributed by atoms with Crippen molar-refractivity contribution in [3.8, 4) is 0 Å². The van der Waals surface area contributed by atoms with Crippen molar-refractivity contribution in [3.63, 3.8) is 0 Å². The molecule has 1 aliphatic heterocycles. The molecular weight excluding hydrogens is 186 g/mol. The van der Waals surface area contributed by atoms with Crippen LogP contribution >= 0.6 is 0 Å². The van der Waals surface area contributed by atoms with Crippen molar-refractivity contribution in [2.45, 2.75) is 64.5 Å². The van der Waals surface area contributed by atoms with Crippen LogP contribution in [0.25, 0.3) is 0 Å². The lowest BCUT2D eigenvalue weighted by molar-refractivity contribution is 0.150. The van der Waals surface area contributed by atoms with Gasteiger partial charge in [-0.15, -0.1) is 0 Å². The molecule has 0 bridgehead atoms. The SMILES string of the molecule is CC1(C)CCCN(C2CCC(O)C2)CC1. The molecule has 1 aliphatic carbocycles. The van der Waals surface area contributed by atoms with Crippen LogP contribution in [0, 0.1) is 5.41 Å². The Morgan fingerprint density at radius 3 is 2.60 bits per heavy atom. The van der Waals surface area contributed by atoms with Crippen LogP contribution in [0.5, 0.6) is 0 Å². The Morgan fingerprint density at radius 1 is 1.13 bits per heavy atom. The van der Waals surface area contributed by atoms with E-state index in [1.165, 1.54) is 38.8 Å². The predicted octanol–water partition coefficient (Wildman–Crippen LogP) is 2.41. The molecule has 2 fully saturated rings. The fourth-order valence-corrected chi connectivity index (χ4v) is 3.08. The van der Waals surface area contributed by atoms with E-state index < -0.39 is 0 Å². The number of aliphatic hydroxyl groups is 1. The topological polar surface area (TPSA) is 23.5 Å². The quantitative estimate of drug-likeness (QED) is 0.720. The van der Waals surface area contributed by atoms with E-state index in [-0.39, 0.29) is 6.10 Å². The highest BCUT2D eigenvalue weighted by molar-refractivity contribution is 4.85. The van der Waals surface area contributed by atoms with Gasteiger partial charge in [0.2, 0.25) is 0 Å². The summed E-state index contributed by atoms with van der Waals surface area (Å²) in [6.45, 7) is 7.27. The standard InChI is InChI=1S/C13H25NO/c1-13(2)6-3-8-14(9-7-13)11-4-5-12(15)10-11/h11-12,15H,3-10H2,1-2H3. The lowest BCUT2D eigenvalue weighted by atomic mass is 9.85. The number of nitrogens with zero attached hydrogens (tertiary/aromatic N) is 1. The van der Waals surface area contributed by atoms with Gasteiger partial charge in [-0.2, -0.15) is 0 Å². The minimum absolute atomic E-state index is 0.0220. The molecule has 88 valence electrons. The molecule has 2 heteroatoms. The van der Waals surface area contributed by atoms with Gasteiger partial charge < -0.3 is 10.0 Å². The molecule has 2 rings (SSSR count). The van der Waals surface area contributed by atoms with Gasteiger partial charge in [0.05, 0.1) is 6.10 Å². The zero-order valence-electron chi connectivity index (χ0n) is 10.2. The van der Waals surface area contributed by atoms with E-state index >= 15 is 0 Å². The van der Waals surface area contributed by atoms with Gasteiger partial charge >= 0.3 is 0 Å². The Kier molecular flexibility index (Phi) is 3.36. The summed E-state index contributed by atoms with van der Waals surface area (Å²) in [5.74, 6) is 0. The van der Waals surface area contributed by atoms with Crippen LogP contribution in [0.15, 0.2) is 0 Å². The van der Waals surface area contributed by atoms with Gasteiger partial charge in [0.15, 0.2) is 0 Å². The first-order valence-electron chi connectivity index (χ1n) is 6.49. The van der Waals surface area contributed by atoms with Gasteiger partial charge in [0.25, 0.3) is 0 Å². The van der Waals surface area contributed by atoms with Crippen molar-refractivity contribution >= 4 is 0 Å². The summed E-state index contributed by atoms with van der Waals surface area (Å²) in [6.07, 6.45) is 7.23. The van der Waals surface area contributed by atoms with E-state index in [4.69, 9.17) is 0 Å². The Morgan fingerprint density at radius 2 is 1.93 bits per heavy atom. The highest BCUT2D eigenvalue weighted by Gasteiger charge is 2.31. The van der Waals surface area contributed by atoms with Crippen LogP contribution in [0.1, 0.15) is 52.4 Å². The number of hydrogen-bond acceptors (Lipinski definition) is 2. The number of aliphatic hydroxyl groups excluding tert-OH is 1. The second kappa shape index (κ2) is 4.42. The monoisotopic (exact) mass is 211 g/mol. The van der Waals surface area contributed by atoms with E-state index in [2.05, 4.69) is 18.7 Å². The smallest absolute Gasteiger partial charge is 0.0555 e. The number of hydrogen-bond donors (Lipinski definition) is 1. The minimum atomic E-state index is -0.0220. The molecule has 15 heavy (non-hydrogen) atoms. The van der Waals surface area contributed by atoms with Gasteiger partial charge in [-0.05, 0) is 57.0 Å². The fourth-order valence-electron chi connectivity index (χ4n) is 3.08. The van der Waals surface area contributed by atoms with Gasteiger partial charge in [0, 0.05) is 6.04 Å². The fraction of sp³-hybridized carbons (Fsp3) is 1.00. The van der Waals surface area contributed by atoms with E-state index in [0.29, 0.717) is 11.5 Å². The molecular formula is C13H25NO. The van der Waals surface area contributed by atoms with Crippen LogP contribution in [0.3, 0.4) is 0 Å². The lowest BCUT2D eigenvalue weighted by Crippen LogP contribution is -2.35. The third kappa shape index (κ3) is 2.94. The molecule has 0 aromatic rings. The molecule has 2 nitrogen and oxygen atoms in total. The summed E-state index contributed by atoms with van der Waals surface area (Å²) < 4.78 is 0. The Labute approximate surface area is 93.7 Å². The second-order valence-electron chi connectivity index (χ2n) is 6.17. The molecule has 0 radical (unpaired) electrons. The van der Waals surface area contributed by atoms with Gasteiger partial charge in [-0.25, -0.2) is 0 Å². The van der Waals surface area contributed by atoms with Crippen molar-refractivity contribution in [3.05, 3.63) is 0 Å². The maximum Gasteiger partial charge on any atom is 0.0555 e. The van der Waals surface area contributed by atoms with Crippen molar-refractivity contribution in [1.29, 1.82) is 0 Å². The molecule has 2 aliphatic rings. The third-order valence-electron chi connectivity index (χ3n) is 4.27. The molecule has 0 aromatic carbocycles. The third-order valence-corrected chi connectivity index (χ3v) is 4.27. The predicted molar refractivity (Wildman–Crippen MR) is 62.9 cm³/mol. The Balaban J connectivity index is 1.88. The average molecular weight is 211 g/mol. The maximum absolute atomic E-state index is 9.58. The molecule has 1 N–H and O–H groups in total. The van der Waals surface area contributed by atoms with Gasteiger partial charge in [-0.1, -0.05) is 13.8 Å². The normalized spacial score (nSPS) is 37.8. The molecule has 2 unspecified atom stereocenters. The summed E-state index contributed by atoms with van der Waals surface area (Å²) in [7, 11) is 0. The first-order valence-corrected chi connectivity index (χ1v) is 6.49. The number of rotatable bonds is 1. The lowest BCUT2D eigenvalue weighted by Gasteiger charge is -2.28. The molecule has 1 heterocycles. The zero-order chi connectivity index (χ0) is 10.9. The van der Waals surface area contributed by atoms with Gasteiger partial charge in [-0.3, -0.25) is 0 Å². The summed E-state index contributed by atoms with van der Waals surface area (Å²) in [6, 6.07) is 0.675. The summed E-state index contributed by atoms with van der Waals surface area (Å²) in [5.41, 5.74) is 0.534.